The summed E-state index contributed by atoms with van der Waals surface area (Å²) >= 11 is 0. The molecule has 0 bridgehead atoms. The Morgan fingerprint density at radius 2 is 2.05 bits per heavy atom. The second-order valence-corrected chi connectivity index (χ2v) is 5.38. The molecule has 0 aliphatic heterocycles. The van der Waals surface area contributed by atoms with Gasteiger partial charge in [-0.25, -0.2) is 0 Å². The minimum absolute atomic E-state index is 0.607. The van der Waals surface area contributed by atoms with Crippen molar-refractivity contribution in [2.75, 3.05) is 5.32 Å². The lowest BCUT2D eigenvalue weighted by atomic mass is 10.2. The topological polar surface area (TPSA) is 47.7 Å². The van der Waals surface area contributed by atoms with Gasteiger partial charge >= 0.3 is 0 Å². The standard InChI is InChI=1S/C14H21N5/c1-11-12(8-16-18(11)2)7-15-13-9-17-19(10-13)14-5-3-4-6-14/h8-10,14-15H,3-7H2,1-2H3. The largest absolute Gasteiger partial charge is 0.378 e. The molecule has 1 saturated carbocycles. The Kier molecular flexibility index (Phi) is 3.27. The number of nitrogens with zero attached hydrogens (tertiary/aromatic N) is 4. The molecule has 0 amide bonds. The lowest BCUT2D eigenvalue weighted by molar-refractivity contribution is 0.467. The third kappa shape index (κ3) is 2.50. The first-order valence-electron chi connectivity index (χ1n) is 6.99. The van der Waals surface area contributed by atoms with E-state index in [-0.39, 0.29) is 0 Å². The molecule has 3 rings (SSSR count). The molecule has 19 heavy (non-hydrogen) atoms. The van der Waals surface area contributed by atoms with Gasteiger partial charge in [0.15, 0.2) is 0 Å². The molecule has 5 heteroatoms. The Morgan fingerprint density at radius 1 is 1.26 bits per heavy atom. The number of anilines is 1. The Balaban J connectivity index is 1.62. The molecule has 1 aliphatic rings. The van der Waals surface area contributed by atoms with Crippen molar-refractivity contribution < 1.29 is 0 Å². The fourth-order valence-electron chi connectivity index (χ4n) is 2.71. The van der Waals surface area contributed by atoms with Gasteiger partial charge in [-0.3, -0.25) is 9.36 Å². The SMILES string of the molecule is Cc1c(CNc2cnn(C3CCCC3)c2)cnn1C. The third-order valence-electron chi connectivity index (χ3n) is 4.12. The number of aromatic nitrogens is 4. The van der Waals surface area contributed by atoms with Crippen molar-refractivity contribution in [3.63, 3.8) is 0 Å². The zero-order valence-electron chi connectivity index (χ0n) is 11.6. The summed E-state index contributed by atoms with van der Waals surface area (Å²) in [5.41, 5.74) is 3.53. The molecular weight excluding hydrogens is 238 g/mol. The van der Waals surface area contributed by atoms with Gasteiger partial charge in [0.05, 0.1) is 24.1 Å². The molecule has 1 N–H and O–H groups in total. The minimum Gasteiger partial charge on any atom is -0.378 e. The predicted octanol–water partition coefficient (Wildman–Crippen LogP) is 2.65. The van der Waals surface area contributed by atoms with Gasteiger partial charge in [0.2, 0.25) is 0 Å². The predicted molar refractivity (Wildman–Crippen MR) is 75.0 cm³/mol. The van der Waals surface area contributed by atoms with Crippen LogP contribution in [0.4, 0.5) is 5.69 Å². The van der Waals surface area contributed by atoms with Crippen molar-refractivity contribution in [2.45, 2.75) is 45.2 Å². The Labute approximate surface area is 113 Å². The molecule has 102 valence electrons. The normalized spacial score (nSPS) is 16.1. The van der Waals surface area contributed by atoms with E-state index in [4.69, 9.17) is 0 Å². The van der Waals surface area contributed by atoms with Crippen molar-refractivity contribution >= 4 is 5.69 Å². The van der Waals surface area contributed by atoms with E-state index in [0.717, 1.165) is 12.2 Å². The van der Waals surface area contributed by atoms with Crippen LogP contribution in [0.1, 0.15) is 43.0 Å². The van der Waals surface area contributed by atoms with Crippen molar-refractivity contribution in [1.82, 2.24) is 19.6 Å². The smallest absolute Gasteiger partial charge is 0.0729 e. The summed E-state index contributed by atoms with van der Waals surface area (Å²) in [5.74, 6) is 0. The van der Waals surface area contributed by atoms with Crippen LogP contribution < -0.4 is 5.32 Å². The number of hydrogen-bond acceptors (Lipinski definition) is 3. The van der Waals surface area contributed by atoms with Crippen LogP contribution in [0, 0.1) is 6.92 Å². The molecule has 0 saturated heterocycles. The zero-order valence-corrected chi connectivity index (χ0v) is 11.6. The van der Waals surface area contributed by atoms with Crippen molar-refractivity contribution in [1.29, 1.82) is 0 Å². The van der Waals surface area contributed by atoms with E-state index in [1.54, 1.807) is 0 Å². The highest BCUT2D eigenvalue weighted by atomic mass is 15.3. The molecular formula is C14H21N5. The second-order valence-electron chi connectivity index (χ2n) is 5.38. The molecule has 1 aliphatic carbocycles. The third-order valence-corrected chi connectivity index (χ3v) is 4.12. The number of hydrogen-bond donors (Lipinski definition) is 1. The van der Waals surface area contributed by atoms with E-state index in [0.29, 0.717) is 6.04 Å². The van der Waals surface area contributed by atoms with Gasteiger partial charge in [0, 0.05) is 31.0 Å². The van der Waals surface area contributed by atoms with Gasteiger partial charge in [0.1, 0.15) is 0 Å². The molecule has 5 nitrogen and oxygen atoms in total. The molecule has 0 unspecified atom stereocenters. The minimum atomic E-state index is 0.607. The first-order valence-corrected chi connectivity index (χ1v) is 6.99. The van der Waals surface area contributed by atoms with Crippen LogP contribution in [-0.2, 0) is 13.6 Å². The molecule has 1 fully saturated rings. The van der Waals surface area contributed by atoms with Gasteiger partial charge in [-0.15, -0.1) is 0 Å². The van der Waals surface area contributed by atoms with E-state index in [9.17, 15) is 0 Å². The summed E-state index contributed by atoms with van der Waals surface area (Å²) in [6.07, 6.45) is 11.2. The van der Waals surface area contributed by atoms with Crippen LogP contribution >= 0.6 is 0 Å². The summed E-state index contributed by atoms with van der Waals surface area (Å²) in [7, 11) is 1.97. The van der Waals surface area contributed by atoms with E-state index in [2.05, 4.69) is 33.3 Å². The van der Waals surface area contributed by atoms with Crippen LogP contribution in [0.15, 0.2) is 18.6 Å². The second kappa shape index (κ2) is 5.07. The number of aryl methyl sites for hydroxylation is 1. The molecule has 2 aromatic heterocycles. The highest BCUT2D eigenvalue weighted by Gasteiger charge is 2.17. The quantitative estimate of drug-likeness (QED) is 0.918. The monoisotopic (exact) mass is 259 g/mol. The Bertz CT molecular complexity index is 548. The number of rotatable bonds is 4. The first-order chi connectivity index (χ1) is 9.24. The van der Waals surface area contributed by atoms with Gasteiger partial charge in [-0.05, 0) is 19.8 Å². The van der Waals surface area contributed by atoms with E-state index >= 15 is 0 Å². The fourth-order valence-corrected chi connectivity index (χ4v) is 2.71. The highest BCUT2D eigenvalue weighted by Crippen LogP contribution is 2.29. The van der Waals surface area contributed by atoms with E-state index in [1.165, 1.54) is 36.9 Å². The maximum atomic E-state index is 4.47. The van der Waals surface area contributed by atoms with Crippen molar-refractivity contribution in [3.8, 4) is 0 Å². The van der Waals surface area contributed by atoms with Crippen LogP contribution in [0.2, 0.25) is 0 Å². The molecule has 0 aromatic carbocycles. The summed E-state index contributed by atoms with van der Waals surface area (Å²) in [4.78, 5) is 0. The van der Waals surface area contributed by atoms with Crippen LogP contribution in [0.5, 0.6) is 0 Å². The van der Waals surface area contributed by atoms with Gasteiger partial charge in [-0.2, -0.15) is 10.2 Å². The first kappa shape index (κ1) is 12.3. The molecule has 0 radical (unpaired) electrons. The van der Waals surface area contributed by atoms with Gasteiger partial charge < -0.3 is 5.32 Å². The van der Waals surface area contributed by atoms with Crippen LogP contribution in [0.3, 0.4) is 0 Å². The zero-order chi connectivity index (χ0) is 13.2. The van der Waals surface area contributed by atoms with E-state index < -0.39 is 0 Å². The van der Waals surface area contributed by atoms with Gasteiger partial charge in [-0.1, -0.05) is 12.8 Å². The summed E-state index contributed by atoms with van der Waals surface area (Å²) in [6.45, 7) is 2.89. The average Bonchev–Trinajstić information content (AvgIpc) is 3.11. The van der Waals surface area contributed by atoms with Crippen molar-refractivity contribution in [2.24, 2.45) is 7.05 Å². The Hall–Kier alpha value is -1.78. The highest BCUT2D eigenvalue weighted by molar-refractivity contribution is 5.39. The maximum absolute atomic E-state index is 4.47. The number of nitrogens with one attached hydrogen (secondary N) is 1. The molecule has 2 aromatic rings. The van der Waals surface area contributed by atoms with Gasteiger partial charge in [0.25, 0.3) is 0 Å². The van der Waals surface area contributed by atoms with Crippen LogP contribution in [-0.4, -0.2) is 19.6 Å². The summed E-state index contributed by atoms with van der Waals surface area (Å²) < 4.78 is 4.02. The Morgan fingerprint density at radius 3 is 2.74 bits per heavy atom. The average molecular weight is 259 g/mol. The molecule has 0 spiro atoms. The van der Waals surface area contributed by atoms with Crippen molar-refractivity contribution in [3.05, 3.63) is 29.8 Å². The lowest BCUT2D eigenvalue weighted by Crippen LogP contribution is -2.04. The molecule has 2 heterocycles. The lowest BCUT2D eigenvalue weighted by Gasteiger charge is -2.08. The van der Waals surface area contributed by atoms with Crippen LogP contribution in [0.25, 0.3) is 0 Å². The van der Waals surface area contributed by atoms with E-state index in [1.807, 2.05) is 24.1 Å². The maximum Gasteiger partial charge on any atom is 0.0729 e. The summed E-state index contributed by atoms with van der Waals surface area (Å²) in [6, 6.07) is 0.607. The fraction of sp³-hybridized carbons (Fsp3) is 0.571. The molecule has 0 atom stereocenters. The summed E-state index contributed by atoms with van der Waals surface area (Å²) in [5, 5.41) is 12.1.